The maximum absolute atomic E-state index is 13.7. The molecule has 4 rings (SSSR count). The van der Waals surface area contributed by atoms with Gasteiger partial charge in [-0.3, -0.25) is 14.3 Å². The van der Waals surface area contributed by atoms with Gasteiger partial charge in [0.05, 0.1) is 19.8 Å². The van der Waals surface area contributed by atoms with E-state index in [9.17, 15) is 14.4 Å². The predicted octanol–water partition coefficient (Wildman–Crippen LogP) is 3.23. The number of aromatic nitrogens is 2. The molecule has 0 bridgehead atoms. The van der Waals surface area contributed by atoms with Crippen molar-refractivity contribution in [3.63, 3.8) is 0 Å². The maximum atomic E-state index is 13.7. The van der Waals surface area contributed by atoms with E-state index in [1.807, 2.05) is 61.5 Å². The lowest BCUT2D eigenvalue weighted by Gasteiger charge is -2.43. The molecule has 1 aromatic heterocycles. The molecule has 1 N–H and O–H groups in total. The van der Waals surface area contributed by atoms with Crippen LogP contribution in [0.5, 0.6) is 5.75 Å². The largest absolute Gasteiger partial charge is 0.494 e. The predicted molar refractivity (Wildman–Crippen MR) is 137 cm³/mol. The van der Waals surface area contributed by atoms with E-state index in [-0.39, 0.29) is 36.4 Å². The van der Waals surface area contributed by atoms with Crippen molar-refractivity contribution in [2.75, 3.05) is 19.8 Å². The molecule has 2 aromatic carbocycles. The summed E-state index contributed by atoms with van der Waals surface area (Å²) >= 11 is 0. The zero-order valence-corrected chi connectivity index (χ0v) is 21.4. The summed E-state index contributed by atoms with van der Waals surface area (Å²) in [5, 5.41) is 7.27. The SMILES string of the molecule is CCOC(=O)c1cc2n(n1)CC(C)(C(=O)NCc1ccccc1)N(CCc1ccc(OCC)cc1)C2=O. The van der Waals surface area contributed by atoms with Crippen LogP contribution in [0.1, 0.15) is 52.9 Å². The van der Waals surface area contributed by atoms with E-state index < -0.39 is 11.5 Å². The number of amides is 2. The molecular weight excluding hydrogens is 472 g/mol. The number of ether oxygens (including phenoxy) is 2. The summed E-state index contributed by atoms with van der Waals surface area (Å²) < 4.78 is 12.0. The summed E-state index contributed by atoms with van der Waals surface area (Å²) in [7, 11) is 0. The third-order valence-electron chi connectivity index (χ3n) is 6.43. The molecule has 0 saturated carbocycles. The Labute approximate surface area is 216 Å². The molecule has 0 spiro atoms. The molecule has 0 radical (unpaired) electrons. The van der Waals surface area contributed by atoms with Crippen molar-refractivity contribution in [3.8, 4) is 5.75 Å². The highest BCUT2D eigenvalue weighted by molar-refractivity contribution is 6.01. The minimum absolute atomic E-state index is 0.0469. The Hall–Kier alpha value is -4.14. The first-order valence-electron chi connectivity index (χ1n) is 12.5. The normalized spacial score (nSPS) is 16.7. The third-order valence-corrected chi connectivity index (χ3v) is 6.43. The molecular formula is C28H32N4O5. The van der Waals surface area contributed by atoms with Crippen LogP contribution in [0, 0.1) is 0 Å². The van der Waals surface area contributed by atoms with Gasteiger partial charge < -0.3 is 19.7 Å². The van der Waals surface area contributed by atoms with Crippen LogP contribution in [0.25, 0.3) is 0 Å². The van der Waals surface area contributed by atoms with Crippen molar-refractivity contribution in [1.82, 2.24) is 20.0 Å². The molecule has 0 fully saturated rings. The topological polar surface area (TPSA) is 103 Å². The van der Waals surface area contributed by atoms with Gasteiger partial charge in [0.1, 0.15) is 17.0 Å². The molecule has 9 heteroatoms. The van der Waals surface area contributed by atoms with Gasteiger partial charge >= 0.3 is 5.97 Å². The summed E-state index contributed by atoms with van der Waals surface area (Å²) in [4.78, 5) is 41.1. The first-order chi connectivity index (χ1) is 17.9. The van der Waals surface area contributed by atoms with Crippen LogP contribution in [0.2, 0.25) is 0 Å². The van der Waals surface area contributed by atoms with Crippen LogP contribution in [0.3, 0.4) is 0 Å². The quantitative estimate of drug-likeness (QED) is 0.426. The van der Waals surface area contributed by atoms with E-state index in [4.69, 9.17) is 9.47 Å². The number of nitrogens with one attached hydrogen (secondary N) is 1. The number of hydrogen-bond donors (Lipinski definition) is 1. The zero-order chi connectivity index (χ0) is 26.4. The van der Waals surface area contributed by atoms with Gasteiger partial charge in [-0.1, -0.05) is 42.5 Å². The van der Waals surface area contributed by atoms with Gasteiger partial charge in [0, 0.05) is 19.2 Å². The van der Waals surface area contributed by atoms with Gasteiger partial charge in [0.15, 0.2) is 5.69 Å². The number of carbonyl (C=O) groups excluding carboxylic acids is 3. The second kappa shape index (κ2) is 11.3. The van der Waals surface area contributed by atoms with Crippen LogP contribution in [0.4, 0.5) is 0 Å². The van der Waals surface area contributed by atoms with E-state index in [1.54, 1.807) is 18.7 Å². The van der Waals surface area contributed by atoms with Crippen LogP contribution in [-0.4, -0.2) is 57.8 Å². The number of fused-ring (bicyclic) bond motifs is 1. The van der Waals surface area contributed by atoms with Crippen LogP contribution >= 0.6 is 0 Å². The fourth-order valence-corrected chi connectivity index (χ4v) is 4.42. The highest BCUT2D eigenvalue weighted by Crippen LogP contribution is 2.28. The monoisotopic (exact) mass is 504 g/mol. The van der Waals surface area contributed by atoms with Gasteiger partial charge in [0.2, 0.25) is 5.91 Å². The number of carbonyl (C=O) groups is 3. The van der Waals surface area contributed by atoms with Gasteiger partial charge in [-0.15, -0.1) is 0 Å². The van der Waals surface area contributed by atoms with Crippen molar-refractivity contribution < 1.29 is 23.9 Å². The Morgan fingerprint density at radius 1 is 1.03 bits per heavy atom. The maximum Gasteiger partial charge on any atom is 0.358 e. The van der Waals surface area contributed by atoms with Crippen LogP contribution in [0.15, 0.2) is 60.7 Å². The molecule has 1 aliphatic heterocycles. The second-order valence-corrected chi connectivity index (χ2v) is 9.02. The fraction of sp³-hybridized carbons (Fsp3) is 0.357. The van der Waals surface area contributed by atoms with E-state index in [0.717, 1.165) is 16.9 Å². The lowest BCUT2D eigenvalue weighted by molar-refractivity contribution is -0.133. The van der Waals surface area contributed by atoms with Crippen LogP contribution < -0.4 is 10.1 Å². The molecule has 0 aliphatic carbocycles. The standard InChI is InChI=1S/C28H32N4O5/c1-4-36-22-13-11-20(12-14-22)15-16-31-25(33)24-17-23(26(34)37-5-2)30-32(24)19-28(31,3)27(35)29-18-21-9-7-6-8-10-21/h6-14,17H,4-5,15-16,18-19H2,1-3H3,(H,29,35). The Balaban J connectivity index is 1.59. The van der Waals surface area contributed by atoms with E-state index >= 15 is 0 Å². The molecule has 1 atom stereocenters. The number of hydrogen-bond acceptors (Lipinski definition) is 6. The van der Waals surface area contributed by atoms with E-state index in [2.05, 4.69) is 10.4 Å². The van der Waals surface area contributed by atoms with Crippen molar-refractivity contribution in [1.29, 1.82) is 0 Å². The summed E-state index contributed by atoms with van der Waals surface area (Å²) in [5.41, 5.74) is 1.04. The average Bonchev–Trinajstić information content (AvgIpc) is 3.33. The minimum Gasteiger partial charge on any atom is -0.494 e. The number of esters is 1. The van der Waals surface area contributed by atoms with Crippen molar-refractivity contribution >= 4 is 17.8 Å². The van der Waals surface area contributed by atoms with Gasteiger partial charge in [0.25, 0.3) is 5.91 Å². The summed E-state index contributed by atoms with van der Waals surface area (Å²) in [6.45, 7) is 6.89. The average molecular weight is 505 g/mol. The Kier molecular flexibility index (Phi) is 7.91. The number of benzene rings is 2. The molecule has 194 valence electrons. The minimum atomic E-state index is -1.22. The Morgan fingerprint density at radius 3 is 2.43 bits per heavy atom. The summed E-state index contributed by atoms with van der Waals surface area (Å²) in [6.07, 6.45) is 0.540. The summed E-state index contributed by atoms with van der Waals surface area (Å²) in [6, 6.07) is 18.7. The van der Waals surface area contributed by atoms with Crippen molar-refractivity contribution in [2.24, 2.45) is 0 Å². The lowest BCUT2D eigenvalue weighted by atomic mass is 9.94. The first-order valence-corrected chi connectivity index (χ1v) is 12.5. The fourth-order valence-electron chi connectivity index (χ4n) is 4.42. The highest BCUT2D eigenvalue weighted by Gasteiger charge is 2.48. The first kappa shape index (κ1) is 25.9. The number of nitrogens with zero attached hydrogens (tertiary/aromatic N) is 3. The molecule has 37 heavy (non-hydrogen) atoms. The Bertz CT molecular complexity index is 1260. The van der Waals surface area contributed by atoms with Crippen molar-refractivity contribution in [3.05, 3.63) is 83.2 Å². The molecule has 2 amide bonds. The molecule has 0 saturated heterocycles. The van der Waals surface area contributed by atoms with E-state index in [0.29, 0.717) is 26.1 Å². The molecule has 2 heterocycles. The zero-order valence-electron chi connectivity index (χ0n) is 21.4. The molecule has 1 aliphatic rings. The number of rotatable bonds is 10. The smallest absolute Gasteiger partial charge is 0.358 e. The molecule has 3 aromatic rings. The third kappa shape index (κ3) is 5.66. The lowest BCUT2D eigenvalue weighted by Crippen LogP contribution is -2.64. The Morgan fingerprint density at radius 2 is 1.76 bits per heavy atom. The molecule has 9 nitrogen and oxygen atoms in total. The van der Waals surface area contributed by atoms with E-state index in [1.165, 1.54) is 10.7 Å². The van der Waals surface area contributed by atoms with Crippen molar-refractivity contribution in [2.45, 2.75) is 45.8 Å². The van der Waals surface area contributed by atoms with Gasteiger partial charge in [-0.2, -0.15) is 5.10 Å². The van der Waals surface area contributed by atoms with Gasteiger partial charge in [-0.05, 0) is 50.5 Å². The highest BCUT2D eigenvalue weighted by atomic mass is 16.5. The summed E-state index contributed by atoms with van der Waals surface area (Å²) in [5.74, 6) is -0.484. The van der Waals surface area contributed by atoms with Crippen LogP contribution in [-0.2, 0) is 29.0 Å². The van der Waals surface area contributed by atoms with Gasteiger partial charge in [-0.25, -0.2) is 4.79 Å². The second-order valence-electron chi connectivity index (χ2n) is 9.02. The molecule has 1 unspecified atom stereocenters.